The molecule has 0 amide bonds. The van der Waals surface area contributed by atoms with Crippen LogP contribution >= 0.6 is 0 Å². The molecule has 0 radical (unpaired) electrons. The molecule has 2 N–H and O–H groups in total. The van der Waals surface area contributed by atoms with Crippen molar-refractivity contribution < 1.29 is 22.4 Å². The lowest BCUT2D eigenvalue weighted by atomic mass is 10.0. The monoisotopic (exact) mass is 263 g/mol. The third-order valence-electron chi connectivity index (χ3n) is 2.57. The molecule has 1 atom stereocenters. The maximum atomic E-state index is 13.0. The van der Waals surface area contributed by atoms with Crippen molar-refractivity contribution in [3.8, 4) is 0 Å². The normalized spacial score (nSPS) is 13.4. The summed E-state index contributed by atoms with van der Waals surface area (Å²) < 4.78 is 50.3. The summed E-state index contributed by atoms with van der Waals surface area (Å²) in [4.78, 5) is 11.6. The van der Waals surface area contributed by atoms with E-state index in [4.69, 9.17) is 5.73 Å². The van der Waals surface area contributed by atoms with Crippen molar-refractivity contribution in [3.63, 3.8) is 0 Å². The van der Waals surface area contributed by atoms with Crippen LogP contribution in [0.4, 0.5) is 17.6 Å². The quantitative estimate of drug-likeness (QED) is 0.669. The molecule has 0 aliphatic carbocycles. The molecule has 0 aliphatic rings. The molecule has 1 aromatic rings. The second-order valence-corrected chi connectivity index (χ2v) is 3.99. The first-order chi connectivity index (χ1) is 8.25. The lowest BCUT2D eigenvalue weighted by molar-refractivity contribution is -0.140. The zero-order valence-electron chi connectivity index (χ0n) is 9.72. The van der Waals surface area contributed by atoms with Gasteiger partial charge in [-0.15, -0.1) is 0 Å². The molecule has 0 spiro atoms. The SMILES string of the molecule is CCC(N)CC(=O)c1ccc(F)c(C(F)(F)F)c1. The number of rotatable bonds is 4. The molecular weight excluding hydrogens is 250 g/mol. The van der Waals surface area contributed by atoms with Gasteiger partial charge in [0.2, 0.25) is 0 Å². The molecule has 0 aliphatic heterocycles. The van der Waals surface area contributed by atoms with Crippen LogP contribution < -0.4 is 5.73 Å². The Morgan fingerprint density at radius 3 is 2.50 bits per heavy atom. The van der Waals surface area contributed by atoms with Crippen LogP contribution in [0.3, 0.4) is 0 Å². The van der Waals surface area contributed by atoms with Crippen LogP contribution in [0.5, 0.6) is 0 Å². The number of nitrogens with two attached hydrogens (primary N) is 1. The van der Waals surface area contributed by atoms with Crippen molar-refractivity contribution in [1.29, 1.82) is 0 Å². The van der Waals surface area contributed by atoms with E-state index < -0.39 is 29.4 Å². The molecule has 1 unspecified atom stereocenters. The van der Waals surface area contributed by atoms with E-state index in [-0.39, 0.29) is 12.0 Å². The number of halogens is 4. The van der Waals surface area contributed by atoms with Gasteiger partial charge in [-0.2, -0.15) is 13.2 Å². The number of benzene rings is 1. The molecular formula is C12H13F4NO. The fraction of sp³-hybridized carbons (Fsp3) is 0.417. The largest absolute Gasteiger partial charge is 0.419 e. The van der Waals surface area contributed by atoms with E-state index in [1.54, 1.807) is 6.92 Å². The average molecular weight is 263 g/mol. The zero-order chi connectivity index (χ0) is 13.9. The Hall–Kier alpha value is -1.43. The highest BCUT2D eigenvalue weighted by molar-refractivity contribution is 5.96. The highest BCUT2D eigenvalue weighted by Gasteiger charge is 2.34. The number of hydrogen-bond donors (Lipinski definition) is 1. The van der Waals surface area contributed by atoms with Gasteiger partial charge in [0.05, 0.1) is 5.56 Å². The van der Waals surface area contributed by atoms with Gasteiger partial charge >= 0.3 is 6.18 Å². The molecule has 1 aromatic carbocycles. The van der Waals surface area contributed by atoms with Crippen LogP contribution in [-0.4, -0.2) is 11.8 Å². The maximum absolute atomic E-state index is 13.0. The predicted molar refractivity (Wildman–Crippen MR) is 58.6 cm³/mol. The van der Waals surface area contributed by atoms with Crippen molar-refractivity contribution >= 4 is 5.78 Å². The standard InChI is InChI=1S/C12H13F4NO/c1-2-8(17)6-11(18)7-3-4-10(13)9(5-7)12(14,15)16/h3-5,8H,2,6,17H2,1H3. The summed E-state index contributed by atoms with van der Waals surface area (Å²) in [5.41, 5.74) is 3.94. The number of ketones is 1. The molecule has 0 heterocycles. The number of carbonyl (C=O) groups excluding carboxylic acids is 1. The van der Waals surface area contributed by atoms with Crippen molar-refractivity contribution in [1.82, 2.24) is 0 Å². The summed E-state index contributed by atoms with van der Waals surface area (Å²) >= 11 is 0. The molecule has 0 aromatic heterocycles. The summed E-state index contributed by atoms with van der Waals surface area (Å²) in [6.45, 7) is 1.77. The van der Waals surface area contributed by atoms with Crippen molar-refractivity contribution in [2.75, 3.05) is 0 Å². The van der Waals surface area contributed by atoms with E-state index in [9.17, 15) is 22.4 Å². The number of carbonyl (C=O) groups is 1. The van der Waals surface area contributed by atoms with Crippen LogP contribution in [0.2, 0.25) is 0 Å². The highest BCUT2D eigenvalue weighted by atomic mass is 19.4. The van der Waals surface area contributed by atoms with Gasteiger partial charge in [-0.1, -0.05) is 6.92 Å². The molecule has 2 nitrogen and oxygen atoms in total. The van der Waals surface area contributed by atoms with Gasteiger partial charge in [0.25, 0.3) is 0 Å². The molecule has 6 heteroatoms. The Bertz CT molecular complexity index is 442. The van der Waals surface area contributed by atoms with Crippen LogP contribution in [0, 0.1) is 5.82 Å². The van der Waals surface area contributed by atoms with Gasteiger partial charge in [0.1, 0.15) is 5.82 Å². The van der Waals surface area contributed by atoms with Crippen LogP contribution in [0.25, 0.3) is 0 Å². The first-order valence-electron chi connectivity index (χ1n) is 5.41. The van der Waals surface area contributed by atoms with Crippen LogP contribution in [-0.2, 0) is 6.18 Å². The number of alkyl halides is 3. The van der Waals surface area contributed by atoms with E-state index in [1.165, 1.54) is 0 Å². The smallest absolute Gasteiger partial charge is 0.327 e. The summed E-state index contributed by atoms with van der Waals surface area (Å²) in [5, 5.41) is 0. The Morgan fingerprint density at radius 1 is 1.39 bits per heavy atom. The third kappa shape index (κ3) is 3.53. The molecule has 1 rings (SSSR count). The topological polar surface area (TPSA) is 43.1 Å². The highest BCUT2D eigenvalue weighted by Crippen LogP contribution is 2.32. The van der Waals surface area contributed by atoms with E-state index >= 15 is 0 Å². The third-order valence-corrected chi connectivity index (χ3v) is 2.57. The molecule has 0 fully saturated rings. The van der Waals surface area contributed by atoms with Crippen LogP contribution in [0.1, 0.15) is 35.7 Å². The molecule has 0 saturated heterocycles. The van der Waals surface area contributed by atoms with Crippen LogP contribution in [0.15, 0.2) is 18.2 Å². The van der Waals surface area contributed by atoms with Crippen molar-refractivity contribution in [3.05, 3.63) is 35.1 Å². The van der Waals surface area contributed by atoms with E-state index in [1.807, 2.05) is 0 Å². The van der Waals surface area contributed by atoms with E-state index in [0.717, 1.165) is 6.07 Å². The van der Waals surface area contributed by atoms with E-state index in [0.29, 0.717) is 18.6 Å². The summed E-state index contributed by atoms with van der Waals surface area (Å²) in [7, 11) is 0. The van der Waals surface area contributed by atoms with E-state index in [2.05, 4.69) is 0 Å². The van der Waals surface area contributed by atoms with Gasteiger partial charge in [-0.25, -0.2) is 4.39 Å². The second kappa shape index (κ2) is 5.48. The zero-order valence-corrected chi connectivity index (χ0v) is 9.72. The maximum Gasteiger partial charge on any atom is 0.419 e. The number of hydrogen-bond acceptors (Lipinski definition) is 2. The minimum atomic E-state index is -4.81. The van der Waals surface area contributed by atoms with Gasteiger partial charge in [-0.3, -0.25) is 4.79 Å². The fourth-order valence-corrected chi connectivity index (χ4v) is 1.42. The van der Waals surface area contributed by atoms with Gasteiger partial charge in [-0.05, 0) is 24.6 Å². The first-order valence-corrected chi connectivity index (χ1v) is 5.41. The predicted octanol–water partition coefficient (Wildman–Crippen LogP) is 3.15. The lowest BCUT2D eigenvalue weighted by Crippen LogP contribution is -2.23. The van der Waals surface area contributed by atoms with Crippen molar-refractivity contribution in [2.45, 2.75) is 32.0 Å². The number of Topliss-reactive ketones (excluding diaryl/α,β-unsaturated/α-hetero) is 1. The molecule has 0 saturated carbocycles. The summed E-state index contributed by atoms with van der Waals surface area (Å²) in [6.07, 6.45) is -4.33. The molecule has 18 heavy (non-hydrogen) atoms. The minimum Gasteiger partial charge on any atom is -0.327 e. The van der Waals surface area contributed by atoms with Gasteiger partial charge < -0.3 is 5.73 Å². The Balaban J connectivity index is 3.02. The summed E-state index contributed by atoms with van der Waals surface area (Å²) in [6, 6.07) is 1.81. The lowest BCUT2D eigenvalue weighted by Gasteiger charge is -2.11. The Morgan fingerprint density at radius 2 is 2.00 bits per heavy atom. The second-order valence-electron chi connectivity index (χ2n) is 3.99. The van der Waals surface area contributed by atoms with Gasteiger partial charge in [0, 0.05) is 18.0 Å². The van der Waals surface area contributed by atoms with Crippen molar-refractivity contribution in [2.24, 2.45) is 5.73 Å². The Labute approximate surface area is 102 Å². The average Bonchev–Trinajstić information content (AvgIpc) is 2.27. The molecule has 100 valence electrons. The molecule has 0 bridgehead atoms. The first kappa shape index (κ1) is 14.6. The Kier molecular flexibility index (Phi) is 4.45. The fourth-order valence-electron chi connectivity index (χ4n) is 1.42. The minimum absolute atomic E-state index is 0.0561. The summed E-state index contributed by atoms with van der Waals surface area (Å²) in [5.74, 6) is -1.91. The van der Waals surface area contributed by atoms with Gasteiger partial charge in [0.15, 0.2) is 5.78 Å².